The van der Waals surface area contributed by atoms with E-state index in [4.69, 9.17) is 0 Å². The van der Waals surface area contributed by atoms with Gasteiger partial charge in [0.15, 0.2) is 0 Å². The summed E-state index contributed by atoms with van der Waals surface area (Å²) in [6.45, 7) is 3.77. The number of methoxy groups -OCH3 is 1. The molecule has 2 nitrogen and oxygen atoms in total. The maximum atomic E-state index is 11.0. The van der Waals surface area contributed by atoms with E-state index in [9.17, 15) is 4.79 Å². The largest absolute Gasteiger partial charge is 0.469 e. The Balaban J connectivity index is 4.22. The van der Waals surface area contributed by atoms with Crippen LogP contribution in [0.4, 0.5) is 0 Å². The molecule has 0 heterocycles. The van der Waals surface area contributed by atoms with Gasteiger partial charge in [0.25, 0.3) is 0 Å². The van der Waals surface area contributed by atoms with Crippen LogP contribution in [-0.2, 0) is 9.53 Å². The highest BCUT2D eigenvalue weighted by Crippen LogP contribution is 2.06. The van der Waals surface area contributed by atoms with Gasteiger partial charge in [-0.05, 0) is 17.9 Å². The van der Waals surface area contributed by atoms with Crippen molar-refractivity contribution in [2.24, 2.45) is 5.92 Å². The summed E-state index contributed by atoms with van der Waals surface area (Å²) in [7, 11) is 1.40. The van der Waals surface area contributed by atoms with E-state index in [0.29, 0.717) is 0 Å². The Labute approximate surface area is 86.8 Å². The Morgan fingerprint density at radius 1 is 1.58 bits per heavy atom. The third-order valence-electron chi connectivity index (χ3n) is 1.41. The molecule has 0 aromatic carbocycles. The normalized spacial score (nSPS) is 14.8. The molecular weight excluding hydrogens is 267 g/mol. The van der Waals surface area contributed by atoms with Crippen LogP contribution in [0.15, 0.2) is 21.8 Å². The summed E-state index contributed by atoms with van der Waals surface area (Å²) in [5, 5.41) is 0. The van der Waals surface area contributed by atoms with E-state index in [1.165, 1.54) is 7.11 Å². The van der Waals surface area contributed by atoms with Gasteiger partial charge in [0.1, 0.15) is 0 Å². The lowest BCUT2D eigenvalue weighted by molar-refractivity contribution is -0.143. The molecule has 0 aromatic rings. The van der Waals surface area contributed by atoms with Gasteiger partial charge in [0, 0.05) is 0 Å². The van der Waals surface area contributed by atoms with Crippen molar-refractivity contribution in [3.63, 3.8) is 0 Å². The average molecular weight is 280 g/mol. The zero-order valence-corrected chi connectivity index (χ0v) is 9.66. The molecule has 3 heteroatoms. The molecule has 0 amide bonds. The fourth-order valence-corrected chi connectivity index (χ4v) is 1.37. The number of esters is 1. The van der Waals surface area contributed by atoms with Crippen LogP contribution in [0.2, 0.25) is 0 Å². The minimum Gasteiger partial charge on any atom is -0.469 e. The summed E-state index contributed by atoms with van der Waals surface area (Å²) in [6, 6.07) is 0. The number of rotatable bonds is 3. The van der Waals surface area contributed by atoms with E-state index < -0.39 is 0 Å². The molecule has 68 valence electrons. The Bertz CT molecular complexity index is 207. The molecule has 0 rings (SSSR count). The van der Waals surface area contributed by atoms with Gasteiger partial charge in [-0.1, -0.05) is 40.3 Å². The summed E-state index contributed by atoms with van der Waals surface area (Å²) < 4.78 is 6.49. The molecule has 0 spiro atoms. The quantitative estimate of drug-likeness (QED) is 0.451. The highest BCUT2D eigenvalue weighted by Gasteiger charge is 2.08. The van der Waals surface area contributed by atoms with Crippen molar-refractivity contribution in [2.45, 2.75) is 13.8 Å². The standard InChI is InChI=1S/C9H13IO2/c1-7(4-5-10)6-8(2)9(11)12-3/h4-6,8H,1-3H3/b5-4+,7-6+. The molecule has 0 aliphatic heterocycles. The zero-order valence-electron chi connectivity index (χ0n) is 7.50. The second-order valence-electron chi connectivity index (χ2n) is 2.52. The van der Waals surface area contributed by atoms with Gasteiger partial charge < -0.3 is 4.74 Å². The van der Waals surface area contributed by atoms with Crippen molar-refractivity contribution in [1.29, 1.82) is 0 Å². The minimum absolute atomic E-state index is 0.164. The molecule has 0 radical (unpaired) electrons. The number of allylic oxidation sites excluding steroid dienone is 2. The van der Waals surface area contributed by atoms with Crippen molar-refractivity contribution in [3.8, 4) is 0 Å². The second-order valence-corrected chi connectivity index (χ2v) is 3.23. The van der Waals surface area contributed by atoms with E-state index >= 15 is 0 Å². The van der Waals surface area contributed by atoms with Crippen molar-refractivity contribution in [3.05, 3.63) is 21.8 Å². The number of hydrogen-bond donors (Lipinski definition) is 0. The lowest BCUT2D eigenvalue weighted by Crippen LogP contribution is -2.10. The number of halogens is 1. The van der Waals surface area contributed by atoms with E-state index in [0.717, 1.165) is 5.57 Å². The molecule has 0 saturated heterocycles. The van der Waals surface area contributed by atoms with Crippen LogP contribution in [0, 0.1) is 5.92 Å². The number of carbonyl (C=O) groups is 1. The predicted octanol–water partition coefficient (Wildman–Crippen LogP) is 2.69. The highest BCUT2D eigenvalue weighted by molar-refractivity contribution is 14.1. The smallest absolute Gasteiger partial charge is 0.312 e. The van der Waals surface area contributed by atoms with Gasteiger partial charge in [0.05, 0.1) is 13.0 Å². The van der Waals surface area contributed by atoms with Gasteiger partial charge in [-0.3, -0.25) is 4.79 Å². The van der Waals surface area contributed by atoms with Gasteiger partial charge in [-0.25, -0.2) is 0 Å². The molecule has 1 unspecified atom stereocenters. The van der Waals surface area contributed by atoms with Crippen molar-refractivity contribution in [2.75, 3.05) is 7.11 Å². The Hall–Kier alpha value is -0.320. The van der Waals surface area contributed by atoms with Crippen LogP contribution in [-0.4, -0.2) is 13.1 Å². The Morgan fingerprint density at radius 3 is 2.58 bits per heavy atom. The highest BCUT2D eigenvalue weighted by atomic mass is 127. The minimum atomic E-state index is -0.198. The van der Waals surface area contributed by atoms with Gasteiger partial charge in [-0.15, -0.1) is 0 Å². The third-order valence-corrected chi connectivity index (χ3v) is 1.77. The molecule has 0 aliphatic rings. The predicted molar refractivity (Wildman–Crippen MR) is 58.1 cm³/mol. The third kappa shape index (κ3) is 4.54. The average Bonchev–Trinajstić information content (AvgIpc) is 2.03. The molecule has 1 atom stereocenters. The van der Waals surface area contributed by atoms with Gasteiger partial charge >= 0.3 is 5.97 Å². The maximum absolute atomic E-state index is 11.0. The van der Waals surface area contributed by atoms with Crippen LogP contribution >= 0.6 is 22.6 Å². The summed E-state index contributed by atoms with van der Waals surface area (Å²) in [5.74, 6) is -0.362. The lowest BCUT2D eigenvalue weighted by Gasteiger charge is -2.03. The van der Waals surface area contributed by atoms with Gasteiger partial charge in [0.2, 0.25) is 0 Å². The molecule has 0 aliphatic carbocycles. The second kappa shape index (κ2) is 6.22. The fraction of sp³-hybridized carbons (Fsp3) is 0.444. The van der Waals surface area contributed by atoms with Crippen LogP contribution in [0.1, 0.15) is 13.8 Å². The van der Waals surface area contributed by atoms with Crippen LogP contribution < -0.4 is 0 Å². The fourth-order valence-electron chi connectivity index (χ4n) is 0.803. The number of carbonyl (C=O) groups excluding carboxylic acids is 1. The first kappa shape index (κ1) is 11.7. The molecule has 0 N–H and O–H groups in total. The molecule has 0 fully saturated rings. The molecular formula is C9H13IO2. The number of hydrogen-bond acceptors (Lipinski definition) is 2. The summed E-state index contributed by atoms with van der Waals surface area (Å²) in [6.07, 6.45) is 3.82. The maximum Gasteiger partial charge on any atom is 0.312 e. The first-order chi connectivity index (χ1) is 5.61. The Morgan fingerprint density at radius 2 is 2.17 bits per heavy atom. The monoisotopic (exact) mass is 280 g/mol. The SMILES string of the molecule is COC(=O)C(C)/C=C(C)/C=C/I. The zero-order chi connectivity index (χ0) is 9.56. The lowest BCUT2D eigenvalue weighted by atomic mass is 10.1. The molecule has 0 saturated carbocycles. The van der Waals surface area contributed by atoms with Crippen molar-refractivity contribution in [1.82, 2.24) is 0 Å². The summed E-state index contributed by atoms with van der Waals surface area (Å²) >= 11 is 2.14. The first-order valence-corrected chi connectivity index (χ1v) is 4.89. The van der Waals surface area contributed by atoms with Crippen molar-refractivity contribution >= 4 is 28.6 Å². The molecule has 0 aromatic heterocycles. The van der Waals surface area contributed by atoms with Crippen molar-refractivity contribution < 1.29 is 9.53 Å². The first-order valence-electron chi connectivity index (χ1n) is 3.64. The van der Waals surface area contributed by atoms with Crippen LogP contribution in [0.3, 0.4) is 0 Å². The number of ether oxygens (including phenoxy) is 1. The van der Waals surface area contributed by atoms with Crippen LogP contribution in [0.5, 0.6) is 0 Å². The molecule has 0 bridgehead atoms. The Kier molecular flexibility index (Phi) is 6.06. The summed E-state index contributed by atoms with van der Waals surface area (Å²) in [4.78, 5) is 11.0. The van der Waals surface area contributed by atoms with E-state index in [2.05, 4.69) is 27.3 Å². The van der Waals surface area contributed by atoms with E-state index in [1.807, 2.05) is 30.1 Å². The van der Waals surface area contributed by atoms with Crippen LogP contribution in [0.25, 0.3) is 0 Å². The summed E-state index contributed by atoms with van der Waals surface area (Å²) in [5.41, 5.74) is 1.07. The topological polar surface area (TPSA) is 26.3 Å². The van der Waals surface area contributed by atoms with E-state index in [-0.39, 0.29) is 11.9 Å². The van der Waals surface area contributed by atoms with Gasteiger partial charge in [-0.2, -0.15) is 0 Å². The van der Waals surface area contributed by atoms with E-state index in [1.54, 1.807) is 0 Å². The molecule has 12 heavy (non-hydrogen) atoms.